The van der Waals surface area contributed by atoms with Crippen molar-refractivity contribution in [3.05, 3.63) is 51.7 Å². The van der Waals surface area contributed by atoms with Crippen molar-refractivity contribution in [1.29, 1.82) is 0 Å². The van der Waals surface area contributed by atoms with E-state index < -0.39 is 4.92 Å². The number of hydrogen-bond acceptors (Lipinski definition) is 4. The minimum atomic E-state index is -0.491. The molecule has 1 N–H and O–H groups in total. The fourth-order valence-electron chi connectivity index (χ4n) is 2.19. The van der Waals surface area contributed by atoms with Crippen molar-refractivity contribution in [2.24, 2.45) is 0 Å². The van der Waals surface area contributed by atoms with Gasteiger partial charge in [0.15, 0.2) is 0 Å². The lowest BCUT2D eigenvalue weighted by atomic mass is 10.1. The smallest absolute Gasteiger partial charge is 0.273 e. The van der Waals surface area contributed by atoms with Crippen molar-refractivity contribution in [1.82, 2.24) is 9.78 Å². The van der Waals surface area contributed by atoms with Crippen molar-refractivity contribution in [3.63, 3.8) is 0 Å². The molecule has 116 valence electrons. The van der Waals surface area contributed by atoms with Crippen LogP contribution in [0.2, 0.25) is 0 Å². The second-order valence-corrected chi connectivity index (χ2v) is 5.08. The van der Waals surface area contributed by atoms with Gasteiger partial charge < -0.3 is 5.32 Å². The summed E-state index contributed by atoms with van der Waals surface area (Å²) in [7, 11) is 0. The molecule has 1 amide bonds. The van der Waals surface area contributed by atoms with Crippen LogP contribution in [0.5, 0.6) is 0 Å². The van der Waals surface area contributed by atoms with Crippen LogP contribution in [0.4, 0.5) is 11.5 Å². The zero-order valence-electron chi connectivity index (χ0n) is 12.7. The van der Waals surface area contributed by atoms with E-state index in [-0.39, 0.29) is 23.2 Å². The van der Waals surface area contributed by atoms with Gasteiger partial charge in [-0.15, -0.1) is 0 Å². The molecule has 0 radical (unpaired) electrons. The number of hydrogen-bond donors (Lipinski definition) is 1. The van der Waals surface area contributed by atoms with Crippen LogP contribution in [0.15, 0.2) is 30.5 Å². The van der Waals surface area contributed by atoms with Crippen LogP contribution in [0.1, 0.15) is 42.2 Å². The molecule has 0 saturated heterocycles. The fourth-order valence-corrected chi connectivity index (χ4v) is 2.19. The average molecular weight is 302 g/mol. The third-order valence-corrected chi connectivity index (χ3v) is 3.67. The molecule has 0 aliphatic heterocycles. The molecule has 0 aliphatic rings. The van der Waals surface area contributed by atoms with Crippen molar-refractivity contribution in [2.45, 2.75) is 33.2 Å². The molecule has 0 spiro atoms. The van der Waals surface area contributed by atoms with E-state index >= 15 is 0 Å². The zero-order chi connectivity index (χ0) is 16.3. The maximum absolute atomic E-state index is 12.4. The number of nitro benzene ring substituents is 1. The fraction of sp³-hybridized carbons (Fsp3) is 0.333. The van der Waals surface area contributed by atoms with E-state index in [1.165, 1.54) is 12.1 Å². The summed E-state index contributed by atoms with van der Waals surface area (Å²) in [4.78, 5) is 22.9. The van der Waals surface area contributed by atoms with Crippen molar-refractivity contribution in [3.8, 4) is 0 Å². The largest absolute Gasteiger partial charge is 0.307 e. The monoisotopic (exact) mass is 302 g/mol. The Bertz CT molecular complexity index is 709. The molecule has 7 nitrogen and oxygen atoms in total. The Hall–Kier alpha value is -2.70. The molecular formula is C15H18N4O3. The highest BCUT2D eigenvalue weighted by molar-refractivity contribution is 6.05. The van der Waals surface area contributed by atoms with Gasteiger partial charge in [-0.2, -0.15) is 5.10 Å². The van der Waals surface area contributed by atoms with Gasteiger partial charge >= 0.3 is 0 Å². The molecule has 2 aromatic rings. The van der Waals surface area contributed by atoms with Crippen LogP contribution in [-0.4, -0.2) is 20.6 Å². The van der Waals surface area contributed by atoms with E-state index in [2.05, 4.69) is 10.4 Å². The minimum absolute atomic E-state index is 0.0666. The number of rotatable bonds is 5. The van der Waals surface area contributed by atoms with Crippen LogP contribution < -0.4 is 5.32 Å². The third-order valence-electron chi connectivity index (χ3n) is 3.67. The summed E-state index contributed by atoms with van der Waals surface area (Å²) < 4.78 is 1.73. The summed E-state index contributed by atoms with van der Waals surface area (Å²) in [6, 6.07) is 6.32. The third kappa shape index (κ3) is 2.98. The predicted octanol–water partition coefficient (Wildman–Crippen LogP) is 3.32. The van der Waals surface area contributed by atoms with Gasteiger partial charge in [-0.1, -0.05) is 13.0 Å². The van der Waals surface area contributed by atoms with E-state index in [9.17, 15) is 14.9 Å². The Morgan fingerprint density at radius 3 is 2.82 bits per heavy atom. The first kappa shape index (κ1) is 15.7. The summed E-state index contributed by atoms with van der Waals surface area (Å²) in [6.45, 7) is 5.60. The van der Waals surface area contributed by atoms with Gasteiger partial charge in [-0.05, 0) is 26.3 Å². The van der Waals surface area contributed by atoms with E-state index in [1.807, 2.05) is 13.8 Å². The number of carbonyl (C=O) groups is 1. The lowest BCUT2D eigenvalue weighted by molar-refractivity contribution is -0.385. The quantitative estimate of drug-likeness (QED) is 0.677. The Kier molecular flexibility index (Phi) is 4.55. The highest BCUT2D eigenvalue weighted by Crippen LogP contribution is 2.23. The van der Waals surface area contributed by atoms with E-state index in [0.29, 0.717) is 11.4 Å². The Balaban J connectivity index is 2.29. The molecule has 0 bridgehead atoms. The predicted molar refractivity (Wildman–Crippen MR) is 83.0 cm³/mol. The molecule has 22 heavy (non-hydrogen) atoms. The molecule has 7 heteroatoms. The number of anilines is 1. The molecule has 2 rings (SSSR count). The Labute approximate surface area is 128 Å². The van der Waals surface area contributed by atoms with Gasteiger partial charge in [-0.25, -0.2) is 4.68 Å². The molecule has 1 aromatic heterocycles. The lowest BCUT2D eigenvalue weighted by Crippen LogP contribution is -2.18. The summed E-state index contributed by atoms with van der Waals surface area (Å²) in [6.07, 6.45) is 2.49. The van der Waals surface area contributed by atoms with Crippen LogP contribution in [-0.2, 0) is 0 Å². The molecule has 0 fully saturated rings. The Morgan fingerprint density at radius 2 is 2.18 bits per heavy atom. The van der Waals surface area contributed by atoms with Gasteiger partial charge in [0.2, 0.25) is 0 Å². The molecule has 0 saturated carbocycles. The second kappa shape index (κ2) is 6.38. The van der Waals surface area contributed by atoms with Crippen molar-refractivity contribution >= 4 is 17.4 Å². The summed E-state index contributed by atoms with van der Waals surface area (Å²) in [5.74, 6) is 0.191. The number of amides is 1. The summed E-state index contributed by atoms with van der Waals surface area (Å²) in [5.41, 5.74) is 0.564. The van der Waals surface area contributed by atoms with Gasteiger partial charge in [0.05, 0.1) is 17.2 Å². The van der Waals surface area contributed by atoms with Gasteiger partial charge in [-0.3, -0.25) is 14.9 Å². The number of nitrogens with zero attached hydrogens (tertiary/aromatic N) is 3. The molecule has 0 aliphatic carbocycles. The van der Waals surface area contributed by atoms with Crippen molar-refractivity contribution in [2.75, 3.05) is 5.32 Å². The van der Waals surface area contributed by atoms with Crippen molar-refractivity contribution < 1.29 is 9.72 Å². The van der Waals surface area contributed by atoms with E-state index in [1.54, 1.807) is 29.9 Å². The summed E-state index contributed by atoms with van der Waals surface area (Å²) >= 11 is 0. The van der Waals surface area contributed by atoms with Crippen LogP contribution in [0.3, 0.4) is 0 Å². The first-order chi connectivity index (χ1) is 10.5. The molecule has 1 atom stereocenters. The highest BCUT2D eigenvalue weighted by atomic mass is 16.6. The molecule has 1 unspecified atom stereocenters. The standard InChI is InChI=1S/C15H18N4O3/c1-4-10(2)18-14(8-9-16-18)17-15(20)12-6-5-7-13(11(12)3)19(21)22/h5-10H,4H2,1-3H3,(H,17,20). The highest BCUT2D eigenvalue weighted by Gasteiger charge is 2.19. The molecule has 1 aromatic carbocycles. The Morgan fingerprint density at radius 1 is 1.45 bits per heavy atom. The second-order valence-electron chi connectivity index (χ2n) is 5.08. The van der Waals surface area contributed by atoms with Gasteiger partial charge in [0, 0.05) is 23.3 Å². The number of aromatic nitrogens is 2. The lowest BCUT2D eigenvalue weighted by Gasteiger charge is -2.14. The van der Waals surface area contributed by atoms with Gasteiger partial charge in [0.25, 0.3) is 11.6 Å². The number of nitro groups is 1. The van der Waals surface area contributed by atoms with Gasteiger partial charge in [0.1, 0.15) is 5.82 Å². The topological polar surface area (TPSA) is 90.1 Å². The number of carbonyl (C=O) groups excluding carboxylic acids is 1. The number of benzene rings is 1. The minimum Gasteiger partial charge on any atom is -0.307 e. The van der Waals surface area contributed by atoms with Crippen LogP contribution in [0.25, 0.3) is 0 Å². The zero-order valence-corrected chi connectivity index (χ0v) is 12.7. The summed E-state index contributed by atoms with van der Waals surface area (Å²) in [5, 5.41) is 17.9. The SMILES string of the molecule is CCC(C)n1nccc1NC(=O)c1cccc([N+](=O)[O-])c1C. The van der Waals surface area contributed by atoms with E-state index in [0.717, 1.165) is 6.42 Å². The first-order valence-electron chi connectivity index (χ1n) is 7.04. The first-order valence-corrected chi connectivity index (χ1v) is 7.04. The molecule has 1 heterocycles. The maximum Gasteiger partial charge on any atom is 0.273 e. The van der Waals surface area contributed by atoms with E-state index in [4.69, 9.17) is 0 Å². The number of nitrogens with one attached hydrogen (secondary N) is 1. The maximum atomic E-state index is 12.4. The molecular weight excluding hydrogens is 284 g/mol. The van der Waals surface area contributed by atoms with Crippen LogP contribution in [0, 0.1) is 17.0 Å². The average Bonchev–Trinajstić information content (AvgIpc) is 2.94. The normalized spacial score (nSPS) is 12.0. The van der Waals surface area contributed by atoms with Crippen LogP contribution >= 0.6 is 0 Å².